The van der Waals surface area contributed by atoms with Crippen molar-refractivity contribution in [2.24, 2.45) is 5.73 Å². The van der Waals surface area contributed by atoms with Crippen molar-refractivity contribution in [1.29, 1.82) is 0 Å². The predicted octanol–water partition coefficient (Wildman–Crippen LogP) is 2.74. The van der Waals surface area contributed by atoms with E-state index in [0.717, 1.165) is 22.4 Å². The minimum Gasteiger partial charge on any atom is -0.448 e. The van der Waals surface area contributed by atoms with Crippen molar-refractivity contribution in [3.63, 3.8) is 0 Å². The van der Waals surface area contributed by atoms with Crippen LogP contribution in [0.3, 0.4) is 0 Å². The van der Waals surface area contributed by atoms with Crippen LogP contribution in [0.2, 0.25) is 0 Å². The van der Waals surface area contributed by atoms with E-state index in [1.165, 1.54) is 0 Å². The molecule has 1 unspecified atom stereocenters. The number of hydrogen-bond acceptors (Lipinski definition) is 3. The molecule has 0 saturated carbocycles. The van der Waals surface area contributed by atoms with Crippen LogP contribution in [-0.2, 0) is 11.3 Å². The largest absolute Gasteiger partial charge is 0.448 e. The van der Waals surface area contributed by atoms with E-state index in [1.807, 2.05) is 36.6 Å². The first-order valence-electron chi connectivity index (χ1n) is 6.02. The number of fused-ring (bicyclic) bond motifs is 1. The number of primary amides is 1. The van der Waals surface area contributed by atoms with Gasteiger partial charge in [-0.15, -0.1) is 11.6 Å². The van der Waals surface area contributed by atoms with E-state index in [9.17, 15) is 4.79 Å². The Bertz CT molecular complexity index is 607. The van der Waals surface area contributed by atoms with Gasteiger partial charge in [-0.05, 0) is 25.5 Å². The van der Waals surface area contributed by atoms with Gasteiger partial charge in [-0.2, -0.15) is 0 Å². The fourth-order valence-corrected chi connectivity index (χ4v) is 2.25. The number of nitrogens with zero attached hydrogens (tertiary/aromatic N) is 2. The smallest absolute Gasteiger partial charge is 0.404 e. The van der Waals surface area contributed by atoms with Gasteiger partial charge in [-0.1, -0.05) is 12.1 Å². The summed E-state index contributed by atoms with van der Waals surface area (Å²) in [5.41, 5.74) is 7.95. The third kappa shape index (κ3) is 2.81. The lowest BCUT2D eigenvalue weighted by Crippen LogP contribution is -2.17. The fourth-order valence-electron chi connectivity index (χ4n) is 2.08. The molecular weight excluding hydrogens is 266 g/mol. The average molecular weight is 282 g/mol. The zero-order valence-electron chi connectivity index (χ0n) is 10.9. The lowest BCUT2D eigenvalue weighted by molar-refractivity contribution is 0.152. The van der Waals surface area contributed by atoms with Gasteiger partial charge >= 0.3 is 6.09 Å². The molecule has 0 aliphatic rings. The molecule has 0 aliphatic carbocycles. The lowest BCUT2D eigenvalue weighted by atomic mass is 10.2. The zero-order chi connectivity index (χ0) is 14.0. The molecule has 2 aromatic rings. The number of alkyl halides is 1. The SMILES string of the molecule is Cc1cccc2c1nc(C(C)Cl)n2CCOC(N)=O. The van der Waals surface area contributed by atoms with Crippen molar-refractivity contribution in [2.45, 2.75) is 25.8 Å². The van der Waals surface area contributed by atoms with E-state index in [2.05, 4.69) is 4.98 Å². The number of amides is 1. The third-order valence-corrected chi connectivity index (χ3v) is 3.12. The summed E-state index contributed by atoms with van der Waals surface area (Å²) in [7, 11) is 0. The second kappa shape index (κ2) is 5.48. The highest BCUT2D eigenvalue weighted by atomic mass is 35.5. The molecule has 0 aliphatic heterocycles. The number of rotatable bonds is 4. The highest BCUT2D eigenvalue weighted by Crippen LogP contribution is 2.26. The molecule has 0 radical (unpaired) electrons. The van der Waals surface area contributed by atoms with Gasteiger partial charge in [-0.25, -0.2) is 9.78 Å². The van der Waals surface area contributed by atoms with Crippen molar-refractivity contribution in [3.8, 4) is 0 Å². The average Bonchev–Trinajstić information content (AvgIpc) is 2.70. The highest BCUT2D eigenvalue weighted by Gasteiger charge is 2.15. The van der Waals surface area contributed by atoms with E-state index in [-0.39, 0.29) is 12.0 Å². The molecule has 5 nitrogen and oxygen atoms in total. The molecule has 1 atom stereocenters. The predicted molar refractivity (Wildman–Crippen MR) is 74.3 cm³/mol. The molecule has 1 aromatic carbocycles. The molecule has 2 rings (SSSR count). The minimum absolute atomic E-state index is 0.200. The van der Waals surface area contributed by atoms with E-state index < -0.39 is 6.09 Å². The number of nitrogens with two attached hydrogens (primary N) is 1. The number of halogens is 1. The number of aryl methyl sites for hydroxylation is 1. The Morgan fingerprint density at radius 1 is 1.58 bits per heavy atom. The van der Waals surface area contributed by atoms with Crippen molar-refractivity contribution < 1.29 is 9.53 Å². The van der Waals surface area contributed by atoms with Gasteiger partial charge in [0.2, 0.25) is 0 Å². The summed E-state index contributed by atoms with van der Waals surface area (Å²) < 4.78 is 6.74. The lowest BCUT2D eigenvalue weighted by Gasteiger charge is -2.10. The Kier molecular flexibility index (Phi) is 3.95. The standard InChI is InChI=1S/C13H16ClN3O2/c1-8-4-3-5-10-11(8)16-12(9(2)14)17(10)6-7-19-13(15)18/h3-5,9H,6-7H2,1-2H3,(H2,15,18). The van der Waals surface area contributed by atoms with Crippen LogP contribution in [0.25, 0.3) is 11.0 Å². The van der Waals surface area contributed by atoms with E-state index in [4.69, 9.17) is 22.1 Å². The Morgan fingerprint density at radius 2 is 2.32 bits per heavy atom. The van der Waals surface area contributed by atoms with Crippen LogP contribution in [0.15, 0.2) is 18.2 Å². The molecule has 1 heterocycles. The number of aromatic nitrogens is 2. The Labute approximate surface area is 116 Å². The molecule has 1 aromatic heterocycles. The van der Waals surface area contributed by atoms with Gasteiger partial charge in [0.15, 0.2) is 0 Å². The first kappa shape index (κ1) is 13.7. The molecule has 19 heavy (non-hydrogen) atoms. The Balaban J connectivity index is 2.41. The zero-order valence-corrected chi connectivity index (χ0v) is 11.6. The highest BCUT2D eigenvalue weighted by molar-refractivity contribution is 6.20. The molecule has 0 spiro atoms. The Morgan fingerprint density at radius 3 is 2.95 bits per heavy atom. The molecule has 0 saturated heterocycles. The molecule has 6 heteroatoms. The number of para-hydroxylation sites is 1. The summed E-state index contributed by atoms with van der Waals surface area (Å²) in [5.74, 6) is 0.763. The molecule has 1 amide bonds. The maximum Gasteiger partial charge on any atom is 0.404 e. The van der Waals surface area contributed by atoms with Crippen molar-refractivity contribution in [2.75, 3.05) is 6.61 Å². The van der Waals surface area contributed by atoms with Crippen LogP contribution >= 0.6 is 11.6 Å². The summed E-state index contributed by atoms with van der Waals surface area (Å²) in [6.07, 6.45) is -0.777. The van der Waals surface area contributed by atoms with Crippen LogP contribution in [0, 0.1) is 6.92 Å². The van der Waals surface area contributed by atoms with Gasteiger partial charge in [0.05, 0.1) is 23.0 Å². The van der Waals surface area contributed by atoms with E-state index in [0.29, 0.717) is 6.54 Å². The summed E-state index contributed by atoms with van der Waals surface area (Å²) in [6.45, 7) is 4.55. The number of hydrogen-bond donors (Lipinski definition) is 1. The summed E-state index contributed by atoms with van der Waals surface area (Å²) in [4.78, 5) is 15.2. The molecule has 0 bridgehead atoms. The maximum absolute atomic E-state index is 10.6. The van der Waals surface area contributed by atoms with Crippen LogP contribution < -0.4 is 5.73 Å². The van der Waals surface area contributed by atoms with Gasteiger partial charge in [-0.3, -0.25) is 0 Å². The van der Waals surface area contributed by atoms with Gasteiger partial charge in [0.25, 0.3) is 0 Å². The topological polar surface area (TPSA) is 70.1 Å². The van der Waals surface area contributed by atoms with E-state index in [1.54, 1.807) is 0 Å². The summed E-state index contributed by atoms with van der Waals surface area (Å²) >= 11 is 6.16. The molecule has 102 valence electrons. The van der Waals surface area contributed by atoms with Gasteiger partial charge < -0.3 is 15.0 Å². The summed E-state index contributed by atoms with van der Waals surface area (Å²) in [6, 6.07) is 5.94. The first-order chi connectivity index (χ1) is 9.00. The number of carbonyl (C=O) groups excluding carboxylic acids is 1. The Hall–Kier alpha value is -1.75. The second-order valence-electron chi connectivity index (χ2n) is 4.35. The van der Waals surface area contributed by atoms with Gasteiger partial charge in [0, 0.05) is 0 Å². The monoisotopic (exact) mass is 281 g/mol. The van der Waals surface area contributed by atoms with Crippen molar-refractivity contribution in [3.05, 3.63) is 29.6 Å². The number of imidazole rings is 1. The summed E-state index contributed by atoms with van der Waals surface area (Å²) in [5, 5.41) is -0.222. The quantitative estimate of drug-likeness (QED) is 0.876. The van der Waals surface area contributed by atoms with Crippen LogP contribution in [0.5, 0.6) is 0 Å². The van der Waals surface area contributed by atoms with E-state index >= 15 is 0 Å². The number of ether oxygens (including phenoxy) is 1. The second-order valence-corrected chi connectivity index (χ2v) is 5.00. The fraction of sp³-hybridized carbons (Fsp3) is 0.385. The van der Waals surface area contributed by atoms with Crippen LogP contribution in [0.1, 0.15) is 23.7 Å². The molecular formula is C13H16ClN3O2. The third-order valence-electron chi connectivity index (χ3n) is 2.93. The van der Waals surface area contributed by atoms with Crippen molar-refractivity contribution in [1.82, 2.24) is 9.55 Å². The maximum atomic E-state index is 10.6. The van der Waals surface area contributed by atoms with Crippen LogP contribution in [-0.4, -0.2) is 22.3 Å². The molecule has 2 N–H and O–H groups in total. The number of carbonyl (C=O) groups is 1. The molecule has 0 fully saturated rings. The van der Waals surface area contributed by atoms with Gasteiger partial charge in [0.1, 0.15) is 12.4 Å². The first-order valence-corrected chi connectivity index (χ1v) is 6.46. The van der Waals surface area contributed by atoms with Crippen LogP contribution in [0.4, 0.5) is 4.79 Å². The minimum atomic E-state index is -0.777. The normalized spacial score (nSPS) is 12.6. The van der Waals surface area contributed by atoms with Crippen molar-refractivity contribution >= 4 is 28.7 Å². The number of benzene rings is 1.